The van der Waals surface area contributed by atoms with Crippen molar-refractivity contribution in [3.8, 4) is 0 Å². The van der Waals surface area contributed by atoms with Gasteiger partial charge in [-0.25, -0.2) is 8.42 Å². The summed E-state index contributed by atoms with van der Waals surface area (Å²) in [4.78, 5) is 38.1. The third-order valence-corrected chi connectivity index (χ3v) is 6.74. The van der Waals surface area contributed by atoms with Crippen molar-refractivity contribution in [3.05, 3.63) is 68.7 Å². The van der Waals surface area contributed by atoms with Gasteiger partial charge in [-0.3, -0.25) is 24.0 Å². The van der Waals surface area contributed by atoms with Crippen molar-refractivity contribution >= 4 is 44.8 Å². The van der Waals surface area contributed by atoms with Gasteiger partial charge in [0.2, 0.25) is 21.8 Å². The molecule has 1 N–H and O–H groups in total. The Morgan fingerprint density at radius 1 is 1.14 bits per heavy atom. The largest absolute Gasteiger partial charge is 0.352 e. The van der Waals surface area contributed by atoms with Crippen LogP contribution in [0.25, 0.3) is 0 Å². The minimum atomic E-state index is -4.02. The van der Waals surface area contributed by atoms with Crippen LogP contribution in [0.3, 0.4) is 0 Å². The quantitative estimate of drug-likeness (QED) is 0.375. The van der Waals surface area contributed by atoms with Crippen LogP contribution < -0.4 is 9.62 Å². The maximum Gasteiger partial charge on any atom is 0.271 e. The summed E-state index contributed by atoms with van der Waals surface area (Å²) in [7, 11) is -4.02. The zero-order valence-corrected chi connectivity index (χ0v) is 21.8. The highest BCUT2D eigenvalue weighted by Gasteiger charge is 2.31. The molecule has 10 nitrogen and oxygen atoms in total. The second-order valence-corrected chi connectivity index (χ2v) is 10.8. The number of amides is 2. The fourth-order valence-electron chi connectivity index (χ4n) is 3.37. The van der Waals surface area contributed by atoms with Crippen LogP contribution in [-0.2, 0) is 26.2 Å². The van der Waals surface area contributed by atoms with Crippen molar-refractivity contribution in [1.82, 2.24) is 10.2 Å². The maximum absolute atomic E-state index is 13.5. The molecule has 0 saturated heterocycles. The molecular weight excluding hydrogens is 496 g/mol. The van der Waals surface area contributed by atoms with Gasteiger partial charge in [-0.1, -0.05) is 35.9 Å². The van der Waals surface area contributed by atoms with Crippen molar-refractivity contribution in [2.24, 2.45) is 0 Å². The first-order valence-electron chi connectivity index (χ1n) is 10.8. The van der Waals surface area contributed by atoms with Crippen LogP contribution in [0.15, 0.2) is 42.5 Å². The number of sulfonamides is 1. The van der Waals surface area contributed by atoms with Gasteiger partial charge in [0.25, 0.3) is 5.69 Å². The molecule has 190 valence electrons. The molecule has 0 unspecified atom stereocenters. The number of halogens is 1. The molecule has 2 amide bonds. The lowest BCUT2D eigenvalue weighted by Crippen LogP contribution is -2.52. The Balaban J connectivity index is 2.50. The number of rotatable bonds is 10. The average molecular weight is 525 g/mol. The molecule has 0 saturated carbocycles. The number of nitrogens with one attached hydrogen (secondary N) is 1. The van der Waals surface area contributed by atoms with Gasteiger partial charge < -0.3 is 10.2 Å². The highest BCUT2D eigenvalue weighted by molar-refractivity contribution is 7.92. The SMILES string of the molecule is Cc1ccc([N+](=O)[O-])cc1N(CC(=O)N(Cc1ccccc1Cl)[C@@H](C)C(=O)NC(C)C)S(C)(=O)=O. The van der Waals surface area contributed by atoms with Crippen LogP contribution in [-0.4, -0.2) is 54.9 Å². The topological polar surface area (TPSA) is 130 Å². The van der Waals surface area contributed by atoms with Crippen molar-refractivity contribution in [2.75, 3.05) is 17.1 Å². The summed E-state index contributed by atoms with van der Waals surface area (Å²) in [6.07, 6.45) is 0.909. The summed E-state index contributed by atoms with van der Waals surface area (Å²) in [5.74, 6) is -1.09. The van der Waals surface area contributed by atoms with E-state index in [9.17, 15) is 28.1 Å². The maximum atomic E-state index is 13.5. The number of nitro groups is 1. The number of nitro benzene ring substituents is 1. The first kappa shape index (κ1) is 28.1. The van der Waals surface area contributed by atoms with E-state index in [2.05, 4.69) is 5.32 Å². The lowest BCUT2D eigenvalue weighted by molar-refractivity contribution is -0.384. The summed E-state index contributed by atoms with van der Waals surface area (Å²) in [6.45, 7) is 5.97. The third kappa shape index (κ3) is 7.40. The van der Waals surface area contributed by atoms with Crippen LogP contribution in [0.5, 0.6) is 0 Å². The lowest BCUT2D eigenvalue weighted by Gasteiger charge is -2.32. The Kier molecular flexibility index (Phi) is 9.22. The van der Waals surface area contributed by atoms with E-state index in [0.29, 0.717) is 16.1 Å². The van der Waals surface area contributed by atoms with Crippen LogP contribution in [0, 0.1) is 17.0 Å². The van der Waals surface area contributed by atoms with Crippen molar-refractivity contribution in [1.29, 1.82) is 0 Å². The molecule has 2 aromatic carbocycles. The number of non-ortho nitro benzene ring substituents is 1. The molecule has 0 spiro atoms. The number of nitrogens with zero attached hydrogens (tertiary/aromatic N) is 3. The number of aryl methyl sites for hydroxylation is 1. The monoisotopic (exact) mass is 524 g/mol. The van der Waals surface area contributed by atoms with E-state index in [1.807, 2.05) is 0 Å². The van der Waals surface area contributed by atoms with Crippen molar-refractivity contribution in [2.45, 2.75) is 46.3 Å². The standard InChI is InChI=1S/C23H29ClN4O6S/c1-15(2)25-23(30)17(4)26(13-18-8-6-7-9-20(18)24)22(29)14-27(35(5,33)34)21-12-19(28(31)32)11-10-16(21)3/h6-12,15,17H,13-14H2,1-5H3,(H,25,30)/t17-/m0/s1. The van der Waals surface area contributed by atoms with Gasteiger partial charge in [0.1, 0.15) is 12.6 Å². The van der Waals surface area contributed by atoms with E-state index in [1.165, 1.54) is 24.0 Å². The van der Waals surface area contributed by atoms with Crippen LogP contribution in [0.1, 0.15) is 31.9 Å². The Labute approximate surface area is 210 Å². The molecule has 12 heteroatoms. The smallest absolute Gasteiger partial charge is 0.271 e. The fourth-order valence-corrected chi connectivity index (χ4v) is 4.47. The van der Waals surface area contributed by atoms with Gasteiger partial charge in [-0.05, 0) is 44.9 Å². The summed E-state index contributed by atoms with van der Waals surface area (Å²) >= 11 is 6.28. The summed E-state index contributed by atoms with van der Waals surface area (Å²) in [6, 6.07) is 9.45. The predicted octanol–water partition coefficient (Wildman–Crippen LogP) is 3.26. The molecule has 2 aromatic rings. The molecule has 0 aliphatic heterocycles. The van der Waals surface area contributed by atoms with E-state index in [4.69, 9.17) is 11.6 Å². The number of hydrogen-bond donors (Lipinski definition) is 1. The highest BCUT2D eigenvalue weighted by Crippen LogP contribution is 2.28. The first-order valence-corrected chi connectivity index (χ1v) is 13.0. The van der Waals surface area contributed by atoms with Gasteiger partial charge in [0.05, 0.1) is 16.9 Å². The molecule has 1 atom stereocenters. The third-order valence-electron chi connectivity index (χ3n) is 5.25. The molecule has 0 bridgehead atoms. The van der Waals surface area contributed by atoms with E-state index in [-0.39, 0.29) is 24.0 Å². The molecule has 0 radical (unpaired) electrons. The zero-order valence-electron chi connectivity index (χ0n) is 20.2. The van der Waals surface area contributed by atoms with E-state index >= 15 is 0 Å². The molecular formula is C23H29ClN4O6S. The van der Waals surface area contributed by atoms with Crippen LogP contribution >= 0.6 is 11.6 Å². The average Bonchev–Trinajstić information content (AvgIpc) is 2.75. The highest BCUT2D eigenvalue weighted by atomic mass is 35.5. The predicted molar refractivity (Wildman–Crippen MR) is 135 cm³/mol. The number of carbonyl (C=O) groups excluding carboxylic acids is 2. The van der Waals surface area contributed by atoms with Crippen LogP contribution in [0.2, 0.25) is 5.02 Å². The number of anilines is 1. The molecule has 0 heterocycles. The van der Waals surface area contributed by atoms with Crippen molar-refractivity contribution < 1.29 is 22.9 Å². The lowest BCUT2D eigenvalue weighted by atomic mass is 10.1. The number of carbonyl (C=O) groups is 2. The number of hydrogen-bond acceptors (Lipinski definition) is 6. The van der Waals surface area contributed by atoms with Gasteiger partial charge in [-0.2, -0.15) is 0 Å². The molecule has 0 aliphatic carbocycles. The van der Waals surface area contributed by atoms with Gasteiger partial charge in [-0.15, -0.1) is 0 Å². The molecule has 35 heavy (non-hydrogen) atoms. The minimum Gasteiger partial charge on any atom is -0.352 e. The molecule has 0 aliphatic rings. The summed E-state index contributed by atoms with van der Waals surface area (Å²) < 4.78 is 26.1. The van der Waals surface area contributed by atoms with E-state index in [1.54, 1.807) is 45.0 Å². The fraction of sp³-hybridized carbons (Fsp3) is 0.391. The van der Waals surface area contributed by atoms with E-state index in [0.717, 1.165) is 16.6 Å². The minimum absolute atomic E-state index is 0.00651. The molecule has 2 rings (SSSR count). The molecule has 0 fully saturated rings. The Morgan fingerprint density at radius 3 is 2.31 bits per heavy atom. The Hall–Kier alpha value is -3.18. The second-order valence-electron chi connectivity index (χ2n) is 8.45. The normalized spacial score (nSPS) is 12.2. The molecule has 0 aromatic heterocycles. The first-order chi connectivity index (χ1) is 16.2. The van der Waals surface area contributed by atoms with E-state index < -0.39 is 39.3 Å². The summed E-state index contributed by atoms with van der Waals surface area (Å²) in [5, 5.41) is 14.4. The van der Waals surface area contributed by atoms with Crippen LogP contribution in [0.4, 0.5) is 11.4 Å². The summed E-state index contributed by atoms with van der Waals surface area (Å²) in [5.41, 5.74) is 0.692. The zero-order chi connectivity index (χ0) is 26.5. The van der Waals surface area contributed by atoms with Gasteiger partial charge >= 0.3 is 0 Å². The van der Waals surface area contributed by atoms with Gasteiger partial charge in [0, 0.05) is 29.7 Å². The Morgan fingerprint density at radius 2 is 1.77 bits per heavy atom. The van der Waals surface area contributed by atoms with Crippen molar-refractivity contribution in [3.63, 3.8) is 0 Å². The second kappa shape index (κ2) is 11.5. The number of benzene rings is 2. The van der Waals surface area contributed by atoms with Gasteiger partial charge in [0.15, 0.2) is 0 Å². The Bertz CT molecular complexity index is 1220.